The number of aliphatic hydroxyl groups excluding tert-OH is 1. The molecule has 1 N–H and O–H groups in total. The van der Waals surface area contributed by atoms with Crippen molar-refractivity contribution < 1.29 is 14.6 Å². The van der Waals surface area contributed by atoms with Gasteiger partial charge in [0.25, 0.3) is 0 Å². The van der Waals surface area contributed by atoms with Gasteiger partial charge in [-0.3, -0.25) is 0 Å². The summed E-state index contributed by atoms with van der Waals surface area (Å²) in [6.45, 7) is 10.4. The fraction of sp³-hybridized carbons (Fsp3) is 0.500. The summed E-state index contributed by atoms with van der Waals surface area (Å²) in [6.07, 6.45) is 0.105. The van der Waals surface area contributed by atoms with Crippen molar-refractivity contribution in [2.75, 3.05) is 13.2 Å². The van der Waals surface area contributed by atoms with Crippen LogP contribution < -0.4 is 9.47 Å². The Bertz CT molecular complexity index is 347. The third-order valence-corrected chi connectivity index (χ3v) is 2.32. The summed E-state index contributed by atoms with van der Waals surface area (Å²) in [4.78, 5) is 0. The summed E-state index contributed by atoms with van der Waals surface area (Å²) < 4.78 is 11.2. The van der Waals surface area contributed by atoms with Crippen molar-refractivity contribution in [2.45, 2.75) is 32.8 Å². The normalized spacial score (nSPS) is 12.6. The van der Waals surface area contributed by atoms with Gasteiger partial charge in [0.1, 0.15) is 0 Å². The molecule has 0 bridgehead atoms. The van der Waals surface area contributed by atoms with Gasteiger partial charge >= 0.3 is 0 Å². The van der Waals surface area contributed by atoms with Gasteiger partial charge in [-0.05, 0) is 45.4 Å². The van der Waals surface area contributed by atoms with Crippen LogP contribution in [0, 0.1) is 6.92 Å². The van der Waals surface area contributed by atoms with Crippen LogP contribution in [0.5, 0.6) is 11.5 Å². The minimum atomic E-state index is -0.137. The summed E-state index contributed by atoms with van der Waals surface area (Å²) in [5.74, 6) is 1.30. The molecule has 0 saturated heterocycles. The SMILES string of the molecule is [CH2]C(CO)c1ccc(OC(C)C)c(OCC)c1. The first-order valence-electron chi connectivity index (χ1n) is 5.95. The Hall–Kier alpha value is -1.22. The highest BCUT2D eigenvalue weighted by Gasteiger charge is 2.11. The average molecular weight is 237 g/mol. The predicted octanol–water partition coefficient (Wildman–Crippen LogP) is 2.78. The molecule has 3 nitrogen and oxygen atoms in total. The number of rotatable bonds is 6. The fourth-order valence-corrected chi connectivity index (χ4v) is 1.50. The molecular weight excluding hydrogens is 216 g/mol. The van der Waals surface area contributed by atoms with E-state index in [2.05, 4.69) is 6.92 Å². The number of hydrogen-bond acceptors (Lipinski definition) is 3. The van der Waals surface area contributed by atoms with Crippen LogP contribution in [0.15, 0.2) is 18.2 Å². The molecule has 0 amide bonds. The Balaban J connectivity index is 2.98. The summed E-state index contributed by atoms with van der Waals surface area (Å²) in [7, 11) is 0. The second kappa shape index (κ2) is 6.50. The van der Waals surface area contributed by atoms with Crippen LogP contribution in [0.2, 0.25) is 0 Å². The Morgan fingerprint density at radius 1 is 1.29 bits per heavy atom. The largest absolute Gasteiger partial charge is 0.490 e. The summed E-state index contributed by atoms with van der Waals surface area (Å²) in [5, 5.41) is 9.09. The molecule has 1 radical (unpaired) electrons. The molecule has 1 atom stereocenters. The fourth-order valence-electron chi connectivity index (χ4n) is 1.50. The van der Waals surface area contributed by atoms with Gasteiger partial charge in [-0.2, -0.15) is 0 Å². The third-order valence-electron chi connectivity index (χ3n) is 2.32. The van der Waals surface area contributed by atoms with Crippen LogP contribution in [0.3, 0.4) is 0 Å². The van der Waals surface area contributed by atoms with Gasteiger partial charge < -0.3 is 14.6 Å². The lowest BCUT2D eigenvalue weighted by molar-refractivity contribution is 0.223. The molecule has 95 valence electrons. The van der Waals surface area contributed by atoms with E-state index in [1.54, 1.807) is 0 Å². The maximum absolute atomic E-state index is 9.09. The molecule has 0 aliphatic carbocycles. The molecule has 0 aliphatic heterocycles. The molecule has 0 aliphatic rings. The van der Waals surface area contributed by atoms with E-state index in [9.17, 15) is 0 Å². The number of aliphatic hydroxyl groups is 1. The van der Waals surface area contributed by atoms with Crippen LogP contribution in [-0.4, -0.2) is 24.4 Å². The second-order valence-corrected chi connectivity index (χ2v) is 4.19. The van der Waals surface area contributed by atoms with E-state index >= 15 is 0 Å². The highest BCUT2D eigenvalue weighted by Crippen LogP contribution is 2.31. The smallest absolute Gasteiger partial charge is 0.161 e. The first-order valence-corrected chi connectivity index (χ1v) is 5.95. The lowest BCUT2D eigenvalue weighted by atomic mass is 10.0. The molecule has 17 heavy (non-hydrogen) atoms. The van der Waals surface area contributed by atoms with Crippen molar-refractivity contribution in [3.63, 3.8) is 0 Å². The highest BCUT2D eigenvalue weighted by atomic mass is 16.5. The average Bonchev–Trinajstić information content (AvgIpc) is 2.30. The number of benzene rings is 1. The van der Waals surface area contributed by atoms with Crippen LogP contribution in [0.1, 0.15) is 32.3 Å². The van der Waals surface area contributed by atoms with E-state index in [1.165, 1.54) is 0 Å². The first kappa shape index (κ1) is 13.8. The van der Waals surface area contributed by atoms with E-state index < -0.39 is 0 Å². The van der Waals surface area contributed by atoms with Gasteiger partial charge in [0.15, 0.2) is 11.5 Å². The topological polar surface area (TPSA) is 38.7 Å². The molecule has 1 aromatic carbocycles. The standard InChI is InChI=1S/C14H21O3/c1-5-16-14-8-12(11(4)9-15)6-7-13(14)17-10(2)3/h6-8,10-11,15H,4-5,9H2,1-3H3. The molecule has 0 spiro atoms. The van der Waals surface area contributed by atoms with E-state index in [0.717, 1.165) is 11.3 Å². The molecule has 3 heteroatoms. The summed E-state index contributed by atoms with van der Waals surface area (Å²) in [5.41, 5.74) is 0.951. The predicted molar refractivity (Wildman–Crippen MR) is 68.6 cm³/mol. The second-order valence-electron chi connectivity index (χ2n) is 4.19. The van der Waals surface area contributed by atoms with Crippen molar-refractivity contribution in [1.29, 1.82) is 0 Å². The van der Waals surface area contributed by atoms with Crippen molar-refractivity contribution in [1.82, 2.24) is 0 Å². The molecule has 0 saturated carbocycles. The van der Waals surface area contributed by atoms with Gasteiger partial charge in [-0.1, -0.05) is 6.07 Å². The molecule has 0 aromatic heterocycles. The van der Waals surface area contributed by atoms with Gasteiger partial charge in [0.05, 0.1) is 12.7 Å². The van der Waals surface area contributed by atoms with Gasteiger partial charge in [0, 0.05) is 12.5 Å². The minimum Gasteiger partial charge on any atom is -0.490 e. The number of hydrogen-bond donors (Lipinski definition) is 1. The lowest BCUT2D eigenvalue weighted by Gasteiger charge is -2.17. The van der Waals surface area contributed by atoms with E-state index in [1.807, 2.05) is 39.0 Å². The molecule has 1 rings (SSSR count). The third kappa shape index (κ3) is 3.93. The van der Waals surface area contributed by atoms with E-state index in [0.29, 0.717) is 12.4 Å². The van der Waals surface area contributed by atoms with Gasteiger partial charge in [-0.15, -0.1) is 0 Å². The highest BCUT2D eigenvalue weighted by molar-refractivity contribution is 5.44. The Morgan fingerprint density at radius 2 is 2.00 bits per heavy atom. The quantitative estimate of drug-likeness (QED) is 0.826. The van der Waals surface area contributed by atoms with Crippen molar-refractivity contribution >= 4 is 0 Å². The molecular formula is C14H21O3. The lowest BCUT2D eigenvalue weighted by Crippen LogP contribution is -2.08. The monoisotopic (exact) mass is 237 g/mol. The maximum Gasteiger partial charge on any atom is 0.161 e. The van der Waals surface area contributed by atoms with Crippen LogP contribution in [0.25, 0.3) is 0 Å². The number of ether oxygens (including phenoxy) is 2. The Kier molecular flexibility index (Phi) is 5.29. The maximum atomic E-state index is 9.09. The van der Waals surface area contributed by atoms with Crippen LogP contribution >= 0.6 is 0 Å². The van der Waals surface area contributed by atoms with Crippen LogP contribution in [0.4, 0.5) is 0 Å². The Morgan fingerprint density at radius 3 is 2.53 bits per heavy atom. The molecule has 0 heterocycles. The summed E-state index contributed by atoms with van der Waals surface area (Å²) >= 11 is 0. The van der Waals surface area contributed by atoms with Crippen molar-refractivity contribution in [3.8, 4) is 11.5 Å². The zero-order valence-corrected chi connectivity index (χ0v) is 10.8. The minimum absolute atomic E-state index is 0.0238. The van der Waals surface area contributed by atoms with Crippen molar-refractivity contribution in [3.05, 3.63) is 30.7 Å². The molecule has 1 aromatic rings. The summed E-state index contributed by atoms with van der Waals surface area (Å²) in [6, 6.07) is 5.66. The molecule has 1 unspecified atom stereocenters. The van der Waals surface area contributed by atoms with E-state index in [-0.39, 0.29) is 18.6 Å². The first-order chi connectivity index (χ1) is 8.08. The Labute approximate surface area is 103 Å². The van der Waals surface area contributed by atoms with Crippen LogP contribution in [-0.2, 0) is 0 Å². The zero-order chi connectivity index (χ0) is 12.8. The van der Waals surface area contributed by atoms with E-state index in [4.69, 9.17) is 14.6 Å². The van der Waals surface area contributed by atoms with Gasteiger partial charge in [-0.25, -0.2) is 0 Å². The zero-order valence-electron chi connectivity index (χ0n) is 10.8. The van der Waals surface area contributed by atoms with Gasteiger partial charge in [0.2, 0.25) is 0 Å². The molecule has 0 fully saturated rings. The van der Waals surface area contributed by atoms with Crippen molar-refractivity contribution in [2.24, 2.45) is 0 Å².